The van der Waals surface area contributed by atoms with Crippen molar-refractivity contribution in [3.63, 3.8) is 0 Å². The lowest BCUT2D eigenvalue weighted by atomic mass is 10.0. The molecule has 0 amide bonds. The highest BCUT2D eigenvalue weighted by Crippen LogP contribution is 2.33. The highest BCUT2D eigenvalue weighted by molar-refractivity contribution is 5.69. The summed E-state index contributed by atoms with van der Waals surface area (Å²) in [6.07, 6.45) is 0.444. The summed E-state index contributed by atoms with van der Waals surface area (Å²) in [6, 6.07) is 8.16. The second kappa shape index (κ2) is 6.57. The Morgan fingerprint density at radius 1 is 1.47 bits per heavy atom. The Labute approximate surface area is 114 Å². The monoisotopic (exact) mass is 263 g/mol. The number of esters is 1. The SMILES string of the molecule is CCOC(=O)CCN(C)CC1COc2ccccc21. The molecule has 0 saturated carbocycles. The quantitative estimate of drug-likeness (QED) is 0.736. The Balaban J connectivity index is 1.81. The van der Waals surface area contributed by atoms with E-state index >= 15 is 0 Å². The van der Waals surface area contributed by atoms with Gasteiger partial charge in [-0.05, 0) is 20.0 Å². The summed E-state index contributed by atoms with van der Waals surface area (Å²) in [5.41, 5.74) is 1.27. The summed E-state index contributed by atoms with van der Waals surface area (Å²) < 4.78 is 10.6. The number of para-hydroxylation sites is 1. The predicted octanol–water partition coefficient (Wildman–Crippen LogP) is 2.05. The third kappa shape index (κ3) is 3.70. The van der Waals surface area contributed by atoms with Crippen LogP contribution in [0.3, 0.4) is 0 Å². The maximum Gasteiger partial charge on any atom is 0.307 e. The molecule has 0 radical (unpaired) electrons. The van der Waals surface area contributed by atoms with E-state index in [-0.39, 0.29) is 5.97 Å². The maximum absolute atomic E-state index is 11.3. The van der Waals surface area contributed by atoms with Crippen LogP contribution in [0.2, 0.25) is 0 Å². The van der Waals surface area contributed by atoms with Gasteiger partial charge in [0.15, 0.2) is 0 Å². The zero-order valence-corrected chi connectivity index (χ0v) is 11.6. The predicted molar refractivity (Wildman–Crippen MR) is 73.4 cm³/mol. The van der Waals surface area contributed by atoms with Crippen molar-refractivity contribution in [1.82, 2.24) is 4.90 Å². The molecule has 1 aliphatic heterocycles. The average Bonchev–Trinajstić information content (AvgIpc) is 2.80. The highest BCUT2D eigenvalue weighted by atomic mass is 16.5. The number of hydrogen-bond acceptors (Lipinski definition) is 4. The van der Waals surface area contributed by atoms with E-state index in [0.717, 1.165) is 25.4 Å². The largest absolute Gasteiger partial charge is 0.493 e. The number of ether oxygens (including phenoxy) is 2. The molecule has 4 nitrogen and oxygen atoms in total. The van der Waals surface area contributed by atoms with Crippen LogP contribution in [0.5, 0.6) is 5.75 Å². The van der Waals surface area contributed by atoms with Crippen molar-refractivity contribution >= 4 is 5.97 Å². The molecule has 0 aliphatic carbocycles. The Kier molecular flexibility index (Phi) is 4.80. The van der Waals surface area contributed by atoms with Crippen LogP contribution in [0.15, 0.2) is 24.3 Å². The first-order valence-electron chi connectivity index (χ1n) is 6.76. The van der Waals surface area contributed by atoms with E-state index in [4.69, 9.17) is 9.47 Å². The fourth-order valence-electron chi connectivity index (χ4n) is 2.36. The van der Waals surface area contributed by atoms with Crippen molar-refractivity contribution in [2.45, 2.75) is 19.3 Å². The highest BCUT2D eigenvalue weighted by Gasteiger charge is 2.24. The van der Waals surface area contributed by atoms with E-state index in [9.17, 15) is 4.79 Å². The molecule has 0 fully saturated rings. The molecule has 1 heterocycles. The van der Waals surface area contributed by atoms with E-state index < -0.39 is 0 Å². The van der Waals surface area contributed by atoms with Gasteiger partial charge in [0.05, 0.1) is 19.6 Å². The first-order chi connectivity index (χ1) is 9.20. The van der Waals surface area contributed by atoms with Crippen molar-refractivity contribution in [3.05, 3.63) is 29.8 Å². The van der Waals surface area contributed by atoms with E-state index in [2.05, 4.69) is 11.0 Å². The number of carbonyl (C=O) groups excluding carboxylic acids is 1. The van der Waals surface area contributed by atoms with Gasteiger partial charge in [-0.3, -0.25) is 4.79 Å². The second-order valence-electron chi connectivity index (χ2n) is 4.86. The molecule has 0 bridgehead atoms. The van der Waals surface area contributed by atoms with Crippen molar-refractivity contribution in [1.29, 1.82) is 0 Å². The first-order valence-corrected chi connectivity index (χ1v) is 6.76. The molecule has 0 spiro atoms. The lowest BCUT2D eigenvalue weighted by Gasteiger charge is -2.19. The van der Waals surface area contributed by atoms with Crippen LogP contribution in [-0.2, 0) is 9.53 Å². The summed E-state index contributed by atoms with van der Waals surface area (Å²) in [5, 5.41) is 0. The molecule has 1 unspecified atom stereocenters. The minimum Gasteiger partial charge on any atom is -0.493 e. The molecule has 1 aliphatic rings. The van der Waals surface area contributed by atoms with Crippen LogP contribution in [-0.4, -0.2) is 44.2 Å². The van der Waals surface area contributed by atoms with E-state index in [1.165, 1.54) is 5.56 Å². The topological polar surface area (TPSA) is 38.8 Å². The second-order valence-corrected chi connectivity index (χ2v) is 4.86. The molecule has 104 valence electrons. The number of benzene rings is 1. The average molecular weight is 263 g/mol. The van der Waals surface area contributed by atoms with Crippen LogP contribution >= 0.6 is 0 Å². The summed E-state index contributed by atoms with van der Waals surface area (Å²) in [5.74, 6) is 1.26. The zero-order valence-electron chi connectivity index (χ0n) is 11.6. The van der Waals surface area contributed by atoms with Crippen molar-refractivity contribution in [2.75, 3.05) is 33.4 Å². The maximum atomic E-state index is 11.3. The summed E-state index contributed by atoms with van der Waals surface area (Å²) in [7, 11) is 2.03. The summed E-state index contributed by atoms with van der Waals surface area (Å²) in [6.45, 7) is 4.62. The number of fused-ring (bicyclic) bond motifs is 1. The van der Waals surface area contributed by atoms with Crippen molar-refractivity contribution in [2.24, 2.45) is 0 Å². The normalized spacial score (nSPS) is 17.1. The Morgan fingerprint density at radius 2 is 2.26 bits per heavy atom. The number of likely N-dealkylation sites (N-methyl/N-ethyl adjacent to an activating group) is 1. The molecule has 19 heavy (non-hydrogen) atoms. The van der Waals surface area contributed by atoms with Gasteiger partial charge >= 0.3 is 5.97 Å². The van der Waals surface area contributed by atoms with Gasteiger partial charge in [0.2, 0.25) is 0 Å². The van der Waals surface area contributed by atoms with E-state index in [1.54, 1.807) is 0 Å². The fourth-order valence-corrected chi connectivity index (χ4v) is 2.36. The minimum atomic E-state index is -0.127. The van der Waals surface area contributed by atoms with Gasteiger partial charge in [0.25, 0.3) is 0 Å². The van der Waals surface area contributed by atoms with Crippen LogP contribution < -0.4 is 4.74 Å². The fraction of sp³-hybridized carbons (Fsp3) is 0.533. The molecule has 1 aromatic rings. The smallest absolute Gasteiger partial charge is 0.307 e. The van der Waals surface area contributed by atoms with Crippen molar-refractivity contribution < 1.29 is 14.3 Å². The van der Waals surface area contributed by atoms with Gasteiger partial charge < -0.3 is 14.4 Å². The lowest BCUT2D eigenvalue weighted by molar-refractivity contribution is -0.143. The van der Waals surface area contributed by atoms with Gasteiger partial charge in [0, 0.05) is 24.6 Å². The van der Waals surface area contributed by atoms with Gasteiger partial charge in [-0.2, -0.15) is 0 Å². The van der Waals surface area contributed by atoms with Gasteiger partial charge in [-0.25, -0.2) is 0 Å². The van der Waals surface area contributed by atoms with E-state index in [1.807, 2.05) is 32.2 Å². The van der Waals surface area contributed by atoms with Crippen molar-refractivity contribution in [3.8, 4) is 5.75 Å². The van der Waals surface area contributed by atoms with Crippen LogP contribution in [0, 0.1) is 0 Å². The van der Waals surface area contributed by atoms with Gasteiger partial charge in [-0.15, -0.1) is 0 Å². The molecule has 2 rings (SSSR count). The number of nitrogens with zero attached hydrogens (tertiary/aromatic N) is 1. The van der Waals surface area contributed by atoms with Crippen LogP contribution in [0.25, 0.3) is 0 Å². The minimum absolute atomic E-state index is 0.127. The molecule has 0 aromatic heterocycles. The molecule has 0 N–H and O–H groups in total. The molecule has 0 saturated heterocycles. The zero-order chi connectivity index (χ0) is 13.7. The standard InChI is InChI=1S/C15H21NO3/c1-3-18-15(17)8-9-16(2)10-12-11-19-14-7-5-4-6-13(12)14/h4-7,12H,3,8-11H2,1-2H3. The summed E-state index contributed by atoms with van der Waals surface area (Å²) >= 11 is 0. The molecular formula is C15H21NO3. The Morgan fingerprint density at radius 3 is 3.05 bits per heavy atom. The number of hydrogen-bond donors (Lipinski definition) is 0. The molecular weight excluding hydrogens is 242 g/mol. The third-order valence-electron chi connectivity index (χ3n) is 3.33. The van der Waals surface area contributed by atoms with Gasteiger partial charge in [-0.1, -0.05) is 18.2 Å². The lowest BCUT2D eigenvalue weighted by Crippen LogP contribution is -2.28. The molecule has 1 atom stereocenters. The summed E-state index contributed by atoms with van der Waals surface area (Å²) in [4.78, 5) is 13.5. The van der Waals surface area contributed by atoms with E-state index in [0.29, 0.717) is 18.9 Å². The van der Waals surface area contributed by atoms with Gasteiger partial charge in [0.1, 0.15) is 5.75 Å². The Hall–Kier alpha value is -1.55. The number of rotatable bonds is 6. The number of carbonyl (C=O) groups is 1. The molecule has 4 heteroatoms. The third-order valence-corrected chi connectivity index (χ3v) is 3.33. The first kappa shape index (κ1) is 13.9. The van der Waals surface area contributed by atoms with Crippen LogP contribution in [0.1, 0.15) is 24.8 Å². The van der Waals surface area contributed by atoms with Crippen LogP contribution in [0.4, 0.5) is 0 Å². The molecule has 1 aromatic carbocycles. The Bertz CT molecular complexity index is 433.